The Labute approximate surface area is 144 Å². The zero-order valence-electron chi connectivity index (χ0n) is 13.9. The lowest BCUT2D eigenvalue weighted by atomic mass is 9.82. The molecule has 0 saturated carbocycles. The number of carbonyl (C=O) groups is 2. The van der Waals surface area contributed by atoms with Crippen LogP contribution in [0.15, 0.2) is 48.5 Å². The first-order chi connectivity index (χ1) is 11.9. The molecule has 132 valence electrons. The van der Waals surface area contributed by atoms with Crippen LogP contribution in [0, 0.1) is 17.0 Å². The van der Waals surface area contributed by atoms with Gasteiger partial charge in [0.25, 0.3) is 0 Å². The summed E-state index contributed by atoms with van der Waals surface area (Å²) in [7, 11) is 0. The SMILES string of the molecule is CCC(CC)(C(=O)Oc1ccccc1F)C(=O)Oc1ccccc1F. The Bertz CT molecular complexity index is 708. The molecule has 0 amide bonds. The highest BCUT2D eigenvalue weighted by molar-refractivity contribution is 6.01. The monoisotopic (exact) mass is 348 g/mol. The Morgan fingerprint density at radius 3 is 1.48 bits per heavy atom. The predicted molar refractivity (Wildman–Crippen MR) is 87.1 cm³/mol. The first kappa shape index (κ1) is 18.6. The zero-order chi connectivity index (χ0) is 18.4. The summed E-state index contributed by atoms with van der Waals surface area (Å²) in [5.41, 5.74) is -1.66. The molecule has 0 saturated heterocycles. The topological polar surface area (TPSA) is 52.6 Å². The van der Waals surface area contributed by atoms with Crippen LogP contribution in [0.4, 0.5) is 8.78 Å². The van der Waals surface area contributed by atoms with Crippen molar-refractivity contribution in [3.63, 3.8) is 0 Å². The third-order valence-corrected chi connectivity index (χ3v) is 4.07. The molecule has 2 aromatic carbocycles. The minimum atomic E-state index is -1.66. The van der Waals surface area contributed by atoms with E-state index >= 15 is 0 Å². The van der Waals surface area contributed by atoms with Crippen molar-refractivity contribution < 1.29 is 27.8 Å². The van der Waals surface area contributed by atoms with E-state index in [1.54, 1.807) is 13.8 Å². The zero-order valence-corrected chi connectivity index (χ0v) is 13.9. The molecule has 4 nitrogen and oxygen atoms in total. The molecule has 0 unspecified atom stereocenters. The number of hydrogen-bond acceptors (Lipinski definition) is 4. The number of benzene rings is 2. The molecule has 0 heterocycles. The summed E-state index contributed by atoms with van der Waals surface area (Å²) in [4.78, 5) is 25.2. The van der Waals surface area contributed by atoms with Gasteiger partial charge in [0.1, 0.15) is 0 Å². The molecule has 0 fully saturated rings. The third kappa shape index (κ3) is 3.84. The number of esters is 2. The molecule has 0 radical (unpaired) electrons. The van der Waals surface area contributed by atoms with E-state index in [9.17, 15) is 18.4 Å². The van der Waals surface area contributed by atoms with Gasteiger partial charge >= 0.3 is 11.9 Å². The Morgan fingerprint density at radius 1 is 0.800 bits per heavy atom. The number of carbonyl (C=O) groups excluding carboxylic acids is 2. The van der Waals surface area contributed by atoms with E-state index in [0.29, 0.717) is 0 Å². The molecule has 6 heteroatoms. The molecule has 0 aliphatic rings. The summed E-state index contributed by atoms with van der Waals surface area (Å²) in [6.07, 6.45) is 0.119. The molecule has 0 aliphatic carbocycles. The van der Waals surface area contributed by atoms with Gasteiger partial charge in [-0.15, -0.1) is 0 Å². The van der Waals surface area contributed by atoms with Crippen molar-refractivity contribution in [2.75, 3.05) is 0 Å². The highest BCUT2D eigenvalue weighted by Crippen LogP contribution is 2.32. The van der Waals surface area contributed by atoms with E-state index in [4.69, 9.17) is 9.47 Å². The van der Waals surface area contributed by atoms with Crippen LogP contribution >= 0.6 is 0 Å². The largest absolute Gasteiger partial charge is 0.423 e. The molecule has 0 atom stereocenters. The quantitative estimate of drug-likeness (QED) is 0.444. The Hall–Kier alpha value is -2.76. The summed E-state index contributed by atoms with van der Waals surface area (Å²) < 4.78 is 37.6. The molecular weight excluding hydrogens is 330 g/mol. The molecule has 2 aromatic rings. The van der Waals surface area contributed by atoms with Gasteiger partial charge in [-0.3, -0.25) is 9.59 Å². The summed E-state index contributed by atoms with van der Waals surface area (Å²) in [5, 5.41) is 0. The molecule has 0 bridgehead atoms. The molecule has 25 heavy (non-hydrogen) atoms. The summed E-state index contributed by atoms with van der Waals surface area (Å²) in [5.74, 6) is -3.89. The Morgan fingerprint density at radius 2 is 1.16 bits per heavy atom. The Balaban J connectivity index is 2.27. The molecule has 0 aromatic heterocycles. The van der Waals surface area contributed by atoms with Crippen LogP contribution in [0.25, 0.3) is 0 Å². The fourth-order valence-electron chi connectivity index (χ4n) is 2.36. The lowest BCUT2D eigenvalue weighted by Crippen LogP contribution is -2.44. The van der Waals surface area contributed by atoms with E-state index in [2.05, 4.69) is 0 Å². The highest BCUT2D eigenvalue weighted by atomic mass is 19.1. The minimum Gasteiger partial charge on any atom is -0.423 e. The van der Waals surface area contributed by atoms with Crippen molar-refractivity contribution in [2.45, 2.75) is 26.7 Å². The second-order valence-electron chi connectivity index (χ2n) is 5.43. The molecule has 0 N–H and O–H groups in total. The number of rotatable bonds is 6. The maximum Gasteiger partial charge on any atom is 0.328 e. The lowest BCUT2D eigenvalue weighted by molar-refractivity contribution is -0.162. The second kappa shape index (κ2) is 7.88. The fourth-order valence-corrected chi connectivity index (χ4v) is 2.36. The maximum absolute atomic E-state index is 13.7. The first-order valence-corrected chi connectivity index (χ1v) is 7.88. The van der Waals surface area contributed by atoms with Gasteiger partial charge in [0.05, 0.1) is 0 Å². The van der Waals surface area contributed by atoms with Crippen molar-refractivity contribution in [3.05, 3.63) is 60.2 Å². The normalized spacial score (nSPS) is 11.0. The van der Waals surface area contributed by atoms with Crippen LogP contribution in [-0.2, 0) is 9.59 Å². The molecular formula is C19H18F2O4. The molecule has 2 rings (SSSR count). The van der Waals surface area contributed by atoms with Gasteiger partial charge in [-0.1, -0.05) is 38.1 Å². The lowest BCUT2D eigenvalue weighted by Gasteiger charge is -2.26. The average molecular weight is 348 g/mol. The second-order valence-corrected chi connectivity index (χ2v) is 5.43. The molecule has 0 aliphatic heterocycles. The van der Waals surface area contributed by atoms with Gasteiger partial charge < -0.3 is 9.47 Å². The predicted octanol–water partition coefficient (Wildman–Crippen LogP) is 4.28. The third-order valence-electron chi connectivity index (χ3n) is 4.07. The summed E-state index contributed by atoms with van der Waals surface area (Å²) in [6.45, 7) is 3.21. The van der Waals surface area contributed by atoms with Crippen molar-refractivity contribution >= 4 is 11.9 Å². The van der Waals surface area contributed by atoms with Crippen molar-refractivity contribution in [2.24, 2.45) is 5.41 Å². The Kier molecular flexibility index (Phi) is 5.85. The van der Waals surface area contributed by atoms with E-state index in [1.165, 1.54) is 36.4 Å². The van der Waals surface area contributed by atoms with Crippen LogP contribution in [-0.4, -0.2) is 11.9 Å². The van der Waals surface area contributed by atoms with Gasteiger partial charge in [-0.05, 0) is 37.1 Å². The minimum absolute atomic E-state index is 0.0596. The number of hydrogen-bond donors (Lipinski definition) is 0. The number of ether oxygens (including phenoxy) is 2. The summed E-state index contributed by atoms with van der Waals surface area (Å²) >= 11 is 0. The van der Waals surface area contributed by atoms with Crippen LogP contribution < -0.4 is 9.47 Å². The van der Waals surface area contributed by atoms with E-state index in [-0.39, 0.29) is 24.3 Å². The first-order valence-electron chi connectivity index (χ1n) is 7.88. The van der Waals surface area contributed by atoms with Gasteiger partial charge in [0.15, 0.2) is 28.5 Å². The van der Waals surface area contributed by atoms with Gasteiger partial charge in [0, 0.05) is 0 Å². The standard InChI is InChI=1S/C19H18F2O4/c1-3-19(4-2,17(22)24-15-11-7-5-9-13(15)20)18(23)25-16-12-8-6-10-14(16)21/h5-12H,3-4H2,1-2H3. The summed E-state index contributed by atoms with van der Waals surface area (Å²) in [6, 6.07) is 10.8. The van der Waals surface area contributed by atoms with Crippen LogP contribution in [0.1, 0.15) is 26.7 Å². The highest BCUT2D eigenvalue weighted by Gasteiger charge is 2.47. The van der Waals surface area contributed by atoms with Crippen LogP contribution in [0.5, 0.6) is 11.5 Å². The van der Waals surface area contributed by atoms with Crippen molar-refractivity contribution in [3.8, 4) is 11.5 Å². The fraction of sp³-hybridized carbons (Fsp3) is 0.263. The average Bonchev–Trinajstić information content (AvgIpc) is 2.60. The van der Waals surface area contributed by atoms with Gasteiger partial charge in [-0.25, -0.2) is 8.78 Å². The maximum atomic E-state index is 13.7. The number of halogens is 2. The van der Waals surface area contributed by atoms with Gasteiger partial charge in [-0.2, -0.15) is 0 Å². The van der Waals surface area contributed by atoms with E-state index in [1.807, 2.05) is 0 Å². The molecule has 0 spiro atoms. The van der Waals surface area contributed by atoms with Crippen molar-refractivity contribution in [1.29, 1.82) is 0 Å². The van der Waals surface area contributed by atoms with E-state index in [0.717, 1.165) is 12.1 Å². The van der Waals surface area contributed by atoms with E-state index < -0.39 is 29.0 Å². The van der Waals surface area contributed by atoms with Crippen LogP contribution in [0.3, 0.4) is 0 Å². The number of para-hydroxylation sites is 2. The van der Waals surface area contributed by atoms with Gasteiger partial charge in [0.2, 0.25) is 0 Å². The van der Waals surface area contributed by atoms with Crippen molar-refractivity contribution in [1.82, 2.24) is 0 Å². The smallest absolute Gasteiger partial charge is 0.328 e. The van der Waals surface area contributed by atoms with Crippen LogP contribution in [0.2, 0.25) is 0 Å².